The largest absolute Gasteiger partial charge is 0.457 e. The van der Waals surface area contributed by atoms with Gasteiger partial charge in [-0.2, -0.15) is 0 Å². The van der Waals surface area contributed by atoms with Crippen LogP contribution < -0.4 is 21.5 Å². The third kappa shape index (κ3) is 4.21. The molecule has 0 saturated heterocycles. The van der Waals surface area contributed by atoms with Crippen molar-refractivity contribution >= 4 is 17.5 Å². The minimum Gasteiger partial charge on any atom is -0.457 e. The Balaban J connectivity index is 1.62. The van der Waals surface area contributed by atoms with E-state index in [9.17, 15) is 9.59 Å². The van der Waals surface area contributed by atoms with E-state index in [1.54, 1.807) is 48.5 Å². The number of nitrogens with one attached hydrogen (secondary N) is 1. The number of carbonyl (C=O) groups is 2. The molecule has 1 fully saturated rings. The van der Waals surface area contributed by atoms with Gasteiger partial charge < -0.3 is 21.5 Å². The number of carbonyl (C=O) groups excluding carboxylic acids is 2. The zero-order chi connectivity index (χ0) is 18.5. The highest BCUT2D eigenvalue weighted by molar-refractivity contribution is 5.93. The highest BCUT2D eigenvalue weighted by Crippen LogP contribution is 2.32. The second kappa shape index (κ2) is 8.01. The molecule has 1 aliphatic carbocycles. The minimum absolute atomic E-state index is 0.00698. The Kier molecular flexibility index (Phi) is 5.53. The van der Waals surface area contributed by atoms with Crippen LogP contribution in [-0.2, 0) is 4.79 Å². The number of hydrogen-bond donors (Lipinski definition) is 3. The highest BCUT2D eigenvalue weighted by atomic mass is 16.5. The second-order valence-corrected chi connectivity index (χ2v) is 6.54. The normalized spacial score (nSPS) is 19.1. The van der Waals surface area contributed by atoms with Gasteiger partial charge in [-0.15, -0.1) is 0 Å². The lowest BCUT2D eigenvalue weighted by Gasteiger charge is -2.17. The Morgan fingerprint density at radius 2 is 1.85 bits per heavy atom. The SMILES string of the molecule is NC[C@H]1CCC[C@H]1C(=O)Nc1ccc(Oc2cccc(C(N)=O)c2)cc1. The Labute approximate surface area is 152 Å². The molecule has 1 aliphatic rings. The monoisotopic (exact) mass is 353 g/mol. The van der Waals surface area contributed by atoms with Crippen molar-refractivity contribution in [1.29, 1.82) is 0 Å². The van der Waals surface area contributed by atoms with Crippen LogP contribution in [-0.4, -0.2) is 18.4 Å². The van der Waals surface area contributed by atoms with Crippen LogP contribution in [0.1, 0.15) is 29.6 Å². The molecule has 0 bridgehead atoms. The van der Waals surface area contributed by atoms with Crippen LogP contribution >= 0.6 is 0 Å². The lowest BCUT2D eigenvalue weighted by Crippen LogP contribution is -2.29. The van der Waals surface area contributed by atoms with E-state index in [1.807, 2.05) is 0 Å². The molecule has 1 saturated carbocycles. The Hall–Kier alpha value is -2.86. The fraction of sp³-hybridized carbons (Fsp3) is 0.300. The van der Waals surface area contributed by atoms with E-state index in [4.69, 9.17) is 16.2 Å². The van der Waals surface area contributed by atoms with E-state index in [-0.39, 0.29) is 17.7 Å². The first-order chi connectivity index (χ1) is 12.6. The van der Waals surface area contributed by atoms with Crippen LogP contribution in [0.5, 0.6) is 11.5 Å². The number of primary amides is 1. The van der Waals surface area contributed by atoms with Crippen molar-refractivity contribution in [2.24, 2.45) is 23.3 Å². The molecule has 0 radical (unpaired) electrons. The van der Waals surface area contributed by atoms with Crippen LogP contribution in [0.2, 0.25) is 0 Å². The number of hydrogen-bond acceptors (Lipinski definition) is 4. The summed E-state index contributed by atoms with van der Waals surface area (Å²) in [4.78, 5) is 23.6. The molecule has 6 nitrogen and oxygen atoms in total. The maximum absolute atomic E-state index is 12.4. The summed E-state index contributed by atoms with van der Waals surface area (Å²) in [5, 5.41) is 2.95. The topological polar surface area (TPSA) is 107 Å². The van der Waals surface area contributed by atoms with Gasteiger partial charge in [-0.1, -0.05) is 12.5 Å². The summed E-state index contributed by atoms with van der Waals surface area (Å²) in [5.74, 6) is 0.916. The van der Waals surface area contributed by atoms with E-state index < -0.39 is 5.91 Å². The zero-order valence-corrected chi connectivity index (χ0v) is 14.5. The molecule has 136 valence electrons. The van der Waals surface area contributed by atoms with E-state index in [0.29, 0.717) is 23.6 Å². The van der Waals surface area contributed by atoms with Crippen molar-refractivity contribution in [1.82, 2.24) is 0 Å². The fourth-order valence-electron chi connectivity index (χ4n) is 3.35. The molecule has 2 amide bonds. The molecule has 3 rings (SSSR count). The van der Waals surface area contributed by atoms with Gasteiger partial charge in [0.05, 0.1) is 0 Å². The van der Waals surface area contributed by atoms with Gasteiger partial charge >= 0.3 is 0 Å². The van der Waals surface area contributed by atoms with E-state index in [2.05, 4.69) is 5.32 Å². The first-order valence-corrected chi connectivity index (χ1v) is 8.75. The number of benzene rings is 2. The van der Waals surface area contributed by atoms with Crippen molar-refractivity contribution < 1.29 is 14.3 Å². The zero-order valence-electron chi connectivity index (χ0n) is 14.5. The van der Waals surface area contributed by atoms with Crippen molar-refractivity contribution in [3.63, 3.8) is 0 Å². The summed E-state index contributed by atoms with van der Waals surface area (Å²) >= 11 is 0. The lowest BCUT2D eigenvalue weighted by atomic mass is 9.95. The van der Waals surface area contributed by atoms with Gasteiger partial charge in [-0.25, -0.2) is 0 Å². The predicted molar refractivity (Wildman–Crippen MR) is 100.0 cm³/mol. The fourth-order valence-corrected chi connectivity index (χ4v) is 3.35. The number of rotatable bonds is 6. The predicted octanol–water partition coefficient (Wildman–Crippen LogP) is 2.89. The molecule has 0 heterocycles. The van der Waals surface area contributed by atoms with Gasteiger partial charge in [0, 0.05) is 17.2 Å². The van der Waals surface area contributed by atoms with Gasteiger partial charge in [-0.3, -0.25) is 9.59 Å². The van der Waals surface area contributed by atoms with Crippen LogP contribution in [0.4, 0.5) is 5.69 Å². The van der Waals surface area contributed by atoms with E-state index >= 15 is 0 Å². The quantitative estimate of drug-likeness (QED) is 0.742. The summed E-state index contributed by atoms with van der Waals surface area (Å²) < 4.78 is 5.73. The van der Waals surface area contributed by atoms with Crippen LogP contribution in [0.3, 0.4) is 0 Å². The summed E-state index contributed by atoms with van der Waals surface area (Å²) in [6, 6.07) is 13.8. The highest BCUT2D eigenvalue weighted by Gasteiger charge is 2.31. The standard InChI is InChI=1S/C20H23N3O3/c21-12-14-4-2-6-18(14)20(25)23-15-7-9-16(10-8-15)26-17-5-1-3-13(11-17)19(22)24/h1,3,5,7-11,14,18H,2,4,6,12,21H2,(H2,22,24)(H,23,25)/t14-,18-/m1/s1. The first kappa shape index (κ1) is 17.9. The Bertz CT molecular complexity index is 789. The Morgan fingerprint density at radius 3 is 2.54 bits per heavy atom. The molecule has 5 N–H and O–H groups in total. The molecule has 26 heavy (non-hydrogen) atoms. The summed E-state index contributed by atoms with van der Waals surface area (Å²) in [6.45, 7) is 0.551. The molecule has 6 heteroatoms. The summed E-state index contributed by atoms with van der Waals surface area (Å²) in [5.41, 5.74) is 12.1. The van der Waals surface area contributed by atoms with Crippen molar-refractivity contribution in [2.75, 3.05) is 11.9 Å². The molecule has 0 aromatic heterocycles. The molecule has 0 spiro atoms. The van der Waals surface area contributed by atoms with E-state index in [1.165, 1.54) is 0 Å². The van der Waals surface area contributed by atoms with Crippen LogP contribution in [0.15, 0.2) is 48.5 Å². The molecule has 0 unspecified atom stereocenters. The molecular weight excluding hydrogens is 330 g/mol. The minimum atomic E-state index is -0.504. The molecule has 2 aromatic rings. The maximum Gasteiger partial charge on any atom is 0.248 e. The summed E-state index contributed by atoms with van der Waals surface area (Å²) in [6.07, 6.45) is 2.97. The smallest absolute Gasteiger partial charge is 0.248 e. The number of amides is 2. The molecule has 2 atom stereocenters. The van der Waals surface area contributed by atoms with Gasteiger partial charge in [0.1, 0.15) is 11.5 Å². The van der Waals surface area contributed by atoms with E-state index in [0.717, 1.165) is 24.9 Å². The third-order valence-corrected chi connectivity index (χ3v) is 4.77. The van der Waals surface area contributed by atoms with Crippen molar-refractivity contribution in [2.45, 2.75) is 19.3 Å². The van der Waals surface area contributed by atoms with Gasteiger partial charge in [0.2, 0.25) is 11.8 Å². The van der Waals surface area contributed by atoms with Crippen molar-refractivity contribution in [3.05, 3.63) is 54.1 Å². The second-order valence-electron chi connectivity index (χ2n) is 6.54. The number of ether oxygens (including phenoxy) is 1. The lowest BCUT2D eigenvalue weighted by molar-refractivity contribution is -0.120. The van der Waals surface area contributed by atoms with Crippen LogP contribution in [0, 0.1) is 11.8 Å². The maximum atomic E-state index is 12.4. The molecule has 2 aromatic carbocycles. The first-order valence-electron chi connectivity index (χ1n) is 8.75. The average Bonchev–Trinajstić information content (AvgIpc) is 3.12. The van der Waals surface area contributed by atoms with Gasteiger partial charge in [-0.05, 0) is 67.8 Å². The number of anilines is 1. The van der Waals surface area contributed by atoms with Gasteiger partial charge in [0.15, 0.2) is 0 Å². The Morgan fingerprint density at radius 1 is 1.08 bits per heavy atom. The van der Waals surface area contributed by atoms with Gasteiger partial charge in [0.25, 0.3) is 0 Å². The molecule has 0 aliphatic heterocycles. The van der Waals surface area contributed by atoms with Crippen LogP contribution in [0.25, 0.3) is 0 Å². The average molecular weight is 353 g/mol. The van der Waals surface area contributed by atoms with Crippen molar-refractivity contribution in [3.8, 4) is 11.5 Å². The third-order valence-electron chi connectivity index (χ3n) is 4.77. The molecular formula is C20H23N3O3. The summed E-state index contributed by atoms with van der Waals surface area (Å²) in [7, 11) is 0. The number of nitrogens with two attached hydrogens (primary N) is 2.